The maximum atomic E-state index is 12.2. The van der Waals surface area contributed by atoms with Crippen LogP contribution in [0.25, 0.3) is 0 Å². The van der Waals surface area contributed by atoms with Crippen LogP contribution in [0.5, 0.6) is 0 Å². The van der Waals surface area contributed by atoms with E-state index in [0.717, 1.165) is 0 Å². The van der Waals surface area contributed by atoms with Crippen LogP contribution in [0.1, 0.15) is 5.69 Å². The molecule has 0 atom stereocenters. The molecule has 0 radical (unpaired) electrons. The minimum atomic E-state index is -0.565. The Morgan fingerprint density at radius 3 is 2.50 bits per heavy atom. The van der Waals surface area contributed by atoms with E-state index in [9.17, 15) is 4.39 Å². The number of aryl methyl sites for hydroxylation is 1. The third kappa shape index (κ3) is 0.538. The van der Waals surface area contributed by atoms with Crippen LogP contribution in [0.15, 0.2) is 4.52 Å². The van der Waals surface area contributed by atoms with Gasteiger partial charge in [0.1, 0.15) is 5.69 Å². The van der Waals surface area contributed by atoms with Crippen molar-refractivity contribution in [3.63, 3.8) is 0 Å². The van der Waals surface area contributed by atoms with Crippen LogP contribution >= 0.6 is 0 Å². The number of nitrogens with zero attached hydrogens (tertiary/aromatic N) is 1. The summed E-state index contributed by atoms with van der Waals surface area (Å²) in [4.78, 5) is 0. The second kappa shape index (κ2) is 1.47. The lowest BCUT2D eigenvalue weighted by molar-refractivity contribution is 0.428. The Balaban J connectivity index is 3.19. The van der Waals surface area contributed by atoms with E-state index in [1.807, 2.05) is 0 Å². The van der Waals surface area contributed by atoms with E-state index < -0.39 is 5.82 Å². The zero-order valence-electron chi connectivity index (χ0n) is 4.31. The monoisotopic (exact) mass is 116 g/mol. The summed E-state index contributed by atoms with van der Waals surface area (Å²) in [5, 5.41) is 3.24. The van der Waals surface area contributed by atoms with Crippen molar-refractivity contribution in [3.05, 3.63) is 11.5 Å². The second-order valence-corrected chi connectivity index (χ2v) is 1.45. The van der Waals surface area contributed by atoms with Gasteiger partial charge in [-0.1, -0.05) is 5.16 Å². The zero-order valence-corrected chi connectivity index (χ0v) is 4.31. The molecule has 1 aromatic heterocycles. The first kappa shape index (κ1) is 5.08. The topological polar surface area (TPSA) is 52.0 Å². The van der Waals surface area contributed by atoms with E-state index in [4.69, 9.17) is 5.73 Å². The first-order valence-corrected chi connectivity index (χ1v) is 2.09. The molecule has 0 spiro atoms. The maximum Gasteiger partial charge on any atom is 0.258 e. The largest absolute Gasteiger partial charge is 0.365 e. The van der Waals surface area contributed by atoms with E-state index >= 15 is 0 Å². The minimum Gasteiger partial charge on any atom is -0.365 e. The van der Waals surface area contributed by atoms with Gasteiger partial charge < -0.3 is 10.3 Å². The van der Waals surface area contributed by atoms with E-state index in [1.54, 1.807) is 0 Å². The fraction of sp³-hybridized carbons (Fsp3) is 0.250. The van der Waals surface area contributed by atoms with Gasteiger partial charge >= 0.3 is 0 Å². The molecule has 1 heterocycles. The Morgan fingerprint density at radius 2 is 2.38 bits per heavy atom. The lowest BCUT2D eigenvalue weighted by atomic mass is 10.4. The van der Waals surface area contributed by atoms with Gasteiger partial charge in [0, 0.05) is 0 Å². The molecule has 8 heavy (non-hydrogen) atoms. The number of nitrogen functional groups attached to an aromatic ring is 1. The van der Waals surface area contributed by atoms with Gasteiger partial charge in [0.25, 0.3) is 5.88 Å². The summed E-state index contributed by atoms with van der Waals surface area (Å²) < 4.78 is 16.5. The molecule has 0 aliphatic rings. The van der Waals surface area contributed by atoms with Crippen LogP contribution < -0.4 is 5.73 Å². The van der Waals surface area contributed by atoms with Gasteiger partial charge in [-0.15, -0.1) is 0 Å². The first-order valence-electron chi connectivity index (χ1n) is 2.09. The number of aromatic nitrogens is 1. The van der Waals surface area contributed by atoms with E-state index in [0.29, 0.717) is 0 Å². The zero-order chi connectivity index (χ0) is 6.15. The summed E-state index contributed by atoms with van der Waals surface area (Å²) in [6.07, 6.45) is 0. The fourth-order valence-corrected chi connectivity index (χ4v) is 0.376. The Kier molecular flexibility index (Phi) is 0.932. The standard InChI is InChI=1S/C4H5FN2O/c1-2-3(5)4(6)8-7-2/h6H2,1H3. The summed E-state index contributed by atoms with van der Waals surface area (Å²) in [6, 6.07) is 0. The molecule has 0 amide bonds. The van der Waals surface area contributed by atoms with E-state index in [1.165, 1.54) is 6.92 Å². The van der Waals surface area contributed by atoms with Crippen LogP contribution in [0.4, 0.5) is 10.3 Å². The number of nitrogens with two attached hydrogens (primary N) is 1. The normalized spacial score (nSPS) is 9.75. The number of hydrogen-bond donors (Lipinski definition) is 1. The molecule has 0 saturated heterocycles. The molecule has 0 saturated carbocycles. The number of rotatable bonds is 0. The molecule has 1 aromatic rings. The summed E-state index contributed by atoms with van der Waals surface area (Å²) in [6.45, 7) is 1.48. The lowest BCUT2D eigenvalue weighted by Gasteiger charge is -1.76. The van der Waals surface area contributed by atoms with E-state index in [2.05, 4.69) is 9.68 Å². The SMILES string of the molecule is Cc1noc(N)c1F. The van der Waals surface area contributed by atoms with Crippen molar-refractivity contribution in [2.24, 2.45) is 0 Å². The van der Waals surface area contributed by atoms with Crippen LogP contribution in [-0.2, 0) is 0 Å². The molecule has 4 heteroatoms. The molecular weight excluding hydrogens is 111 g/mol. The Bertz CT molecular complexity index is 176. The molecule has 1 rings (SSSR count). The van der Waals surface area contributed by atoms with Crippen LogP contribution in [0.3, 0.4) is 0 Å². The average Bonchev–Trinajstić information content (AvgIpc) is 1.98. The van der Waals surface area contributed by atoms with Gasteiger partial charge in [-0.3, -0.25) is 0 Å². The van der Waals surface area contributed by atoms with Gasteiger partial charge in [0.15, 0.2) is 0 Å². The molecule has 2 N–H and O–H groups in total. The lowest BCUT2D eigenvalue weighted by Crippen LogP contribution is -1.83. The van der Waals surface area contributed by atoms with Crippen molar-refractivity contribution in [2.75, 3.05) is 5.73 Å². The molecule has 3 nitrogen and oxygen atoms in total. The highest BCUT2D eigenvalue weighted by molar-refractivity contribution is 5.26. The second-order valence-electron chi connectivity index (χ2n) is 1.45. The van der Waals surface area contributed by atoms with Crippen molar-refractivity contribution in [3.8, 4) is 0 Å². The van der Waals surface area contributed by atoms with Crippen molar-refractivity contribution >= 4 is 5.88 Å². The minimum absolute atomic E-state index is 0.197. The van der Waals surface area contributed by atoms with Gasteiger partial charge in [-0.25, -0.2) is 0 Å². The van der Waals surface area contributed by atoms with Crippen molar-refractivity contribution in [2.45, 2.75) is 6.92 Å². The summed E-state index contributed by atoms with van der Waals surface area (Å²) in [5.74, 6) is -0.812. The summed E-state index contributed by atoms with van der Waals surface area (Å²) in [5.41, 5.74) is 5.13. The Morgan fingerprint density at radius 1 is 1.75 bits per heavy atom. The average molecular weight is 116 g/mol. The van der Waals surface area contributed by atoms with Crippen LogP contribution in [0.2, 0.25) is 0 Å². The van der Waals surface area contributed by atoms with Gasteiger partial charge in [-0.05, 0) is 6.92 Å². The molecule has 0 aliphatic carbocycles. The van der Waals surface area contributed by atoms with Crippen molar-refractivity contribution < 1.29 is 8.91 Å². The fourth-order valence-electron chi connectivity index (χ4n) is 0.376. The highest BCUT2D eigenvalue weighted by Gasteiger charge is 2.06. The third-order valence-electron chi connectivity index (χ3n) is 0.815. The number of halogens is 1. The smallest absolute Gasteiger partial charge is 0.258 e. The van der Waals surface area contributed by atoms with E-state index in [-0.39, 0.29) is 11.6 Å². The molecule has 0 aromatic carbocycles. The molecule has 0 aliphatic heterocycles. The third-order valence-corrected chi connectivity index (χ3v) is 0.815. The highest BCUT2D eigenvalue weighted by Crippen LogP contribution is 2.10. The molecule has 44 valence electrons. The highest BCUT2D eigenvalue weighted by atomic mass is 19.1. The summed E-state index contributed by atoms with van der Waals surface area (Å²) in [7, 11) is 0. The molecule has 0 unspecified atom stereocenters. The maximum absolute atomic E-state index is 12.2. The van der Waals surface area contributed by atoms with Crippen LogP contribution in [-0.4, -0.2) is 5.16 Å². The quantitative estimate of drug-likeness (QED) is 0.543. The van der Waals surface area contributed by atoms with Crippen LogP contribution in [0, 0.1) is 12.7 Å². The number of anilines is 1. The predicted octanol–water partition coefficient (Wildman–Crippen LogP) is 0.704. The summed E-state index contributed by atoms with van der Waals surface area (Å²) >= 11 is 0. The van der Waals surface area contributed by atoms with Gasteiger partial charge in [0.05, 0.1) is 0 Å². The molecular formula is C4H5FN2O. The van der Waals surface area contributed by atoms with Gasteiger partial charge in [0.2, 0.25) is 5.82 Å². The molecule has 0 fully saturated rings. The first-order chi connectivity index (χ1) is 3.72. The van der Waals surface area contributed by atoms with Gasteiger partial charge in [-0.2, -0.15) is 4.39 Å². The van der Waals surface area contributed by atoms with Crippen molar-refractivity contribution in [1.29, 1.82) is 0 Å². The molecule has 0 bridgehead atoms. The van der Waals surface area contributed by atoms with Crippen molar-refractivity contribution in [1.82, 2.24) is 5.16 Å². The Labute approximate surface area is 45.3 Å². The predicted molar refractivity (Wildman–Crippen MR) is 25.6 cm³/mol. The Hall–Kier alpha value is -1.06. The number of hydrogen-bond acceptors (Lipinski definition) is 3.